The summed E-state index contributed by atoms with van der Waals surface area (Å²) in [5.41, 5.74) is 6.24. The van der Waals surface area contributed by atoms with E-state index >= 15 is 0 Å². The second-order valence-corrected chi connectivity index (χ2v) is 9.37. The summed E-state index contributed by atoms with van der Waals surface area (Å²) in [6.45, 7) is 3.02. The predicted molar refractivity (Wildman–Crippen MR) is 140 cm³/mol. The van der Waals surface area contributed by atoms with Gasteiger partial charge in [-0.15, -0.1) is 0 Å². The minimum absolute atomic E-state index is 0.0307. The highest BCUT2D eigenvalue weighted by Crippen LogP contribution is 2.08. The van der Waals surface area contributed by atoms with Gasteiger partial charge in [0.05, 0.1) is 12.5 Å². The first-order valence-electron chi connectivity index (χ1n) is 11.9. The number of carboxylic acids is 2. The lowest BCUT2D eigenvalue weighted by Crippen LogP contribution is -2.59. The van der Waals surface area contributed by atoms with Crippen molar-refractivity contribution in [2.75, 3.05) is 12.3 Å². The number of nitrogens with two attached hydrogens (primary N) is 1. The van der Waals surface area contributed by atoms with E-state index in [9.17, 15) is 28.8 Å². The van der Waals surface area contributed by atoms with Gasteiger partial charge in [-0.1, -0.05) is 44.2 Å². The molecule has 13 nitrogen and oxygen atoms in total. The van der Waals surface area contributed by atoms with Crippen molar-refractivity contribution in [1.29, 1.82) is 0 Å². The fourth-order valence-corrected chi connectivity index (χ4v) is 3.60. The van der Waals surface area contributed by atoms with Gasteiger partial charge in [-0.3, -0.25) is 28.8 Å². The van der Waals surface area contributed by atoms with Gasteiger partial charge in [-0.05, 0) is 17.9 Å². The van der Waals surface area contributed by atoms with Gasteiger partial charge < -0.3 is 37.2 Å². The highest BCUT2D eigenvalue weighted by Gasteiger charge is 2.31. The van der Waals surface area contributed by atoms with Gasteiger partial charge in [0.25, 0.3) is 0 Å². The molecule has 0 radical (unpaired) electrons. The van der Waals surface area contributed by atoms with Crippen LogP contribution in [-0.4, -0.2) is 82.2 Å². The number of amides is 4. The molecule has 8 N–H and O–H groups in total. The van der Waals surface area contributed by atoms with Crippen LogP contribution < -0.4 is 27.0 Å². The van der Waals surface area contributed by atoms with Crippen molar-refractivity contribution >= 4 is 48.2 Å². The van der Waals surface area contributed by atoms with Crippen molar-refractivity contribution in [2.45, 2.75) is 57.3 Å². The van der Waals surface area contributed by atoms with E-state index in [1.165, 1.54) is 0 Å². The van der Waals surface area contributed by atoms with Gasteiger partial charge >= 0.3 is 11.9 Å². The topological polar surface area (TPSA) is 217 Å². The molecular weight excluding hydrogens is 518 g/mol. The van der Waals surface area contributed by atoms with E-state index in [-0.39, 0.29) is 24.5 Å². The quantitative estimate of drug-likeness (QED) is 0.113. The molecule has 0 aliphatic rings. The molecule has 210 valence electrons. The van der Waals surface area contributed by atoms with Gasteiger partial charge in [0.1, 0.15) is 24.7 Å². The van der Waals surface area contributed by atoms with Crippen molar-refractivity contribution in [3.05, 3.63) is 35.9 Å². The van der Waals surface area contributed by atoms with E-state index in [4.69, 9.17) is 15.9 Å². The van der Waals surface area contributed by atoms with Crippen LogP contribution in [0.1, 0.15) is 32.3 Å². The Hall–Kier alpha value is -3.65. The Kier molecular flexibility index (Phi) is 13.8. The second-order valence-electron chi connectivity index (χ2n) is 9.00. The average molecular weight is 554 g/mol. The van der Waals surface area contributed by atoms with Gasteiger partial charge in [0.2, 0.25) is 23.6 Å². The van der Waals surface area contributed by atoms with Crippen LogP contribution in [0.2, 0.25) is 0 Å². The first-order chi connectivity index (χ1) is 17.8. The number of carbonyl (C=O) groups excluding carboxylic acids is 4. The number of carbonyl (C=O) groups is 6. The van der Waals surface area contributed by atoms with Gasteiger partial charge in [0, 0.05) is 12.2 Å². The Labute approximate surface area is 225 Å². The lowest BCUT2D eigenvalue weighted by Gasteiger charge is -2.26. The van der Waals surface area contributed by atoms with Crippen LogP contribution in [0.25, 0.3) is 0 Å². The van der Waals surface area contributed by atoms with Crippen LogP contribution in [0.4, 0.5) is 0 Å². The molecule has 1 rings (SSSR count). The predicted octanol–water partition coefficient (Wildman–Crippen LogP) is -1.34. The monoisotopic (exact) mass is 553 g/mol. The zero-order valence-electron chi connectivity index (χ0n) is 21.2. The van der Waals surface area contributed by atoms with Gasteiger partial charge in [0.15, 0.2) is 0 Å². The summed E-state index contributed by atoms with van der Waals surface area (Å²) in [7, 11) is 0. The van der Waals surface area contributed by atoms with E-state index in [0.29, 0.717) is 5.56 Å². The highest BCUT2D eigenvalue weighted by atomic mass is 32.1. The Balaban J connectivity index is 3.09. The fraction of sp³-hybridized carbons (Fsp3) is 0.500. The number of benzene rings is 1. The summed E-state index contributed by atoms with van der Waals surface area (Å²) in [6.07, 6.45) is -0.401. The maximum absolute atomic E-state index is 13.3. The molecule has 0 aliphatic carbocycles. The van der Waals surface area contributed by atoms with E-state index < -0.39 is 72.7 Å². The number of thiol groups is 1. The molecule has 4 amide bonds. The molecule has 4 atom stereocenters. The smallest absolute Gasteiger partial charge is 0.322 e. The summed E-state index contributed by atoms with van der Waals surface area (Å²) in [4.78, 5) is 72.7. The van der Waals surface area contributed by atoms with Crippen LogP contribution in [0.3, 0.4) is 0 Å². The van der Waals surface area contributed by atoms with E-state index in [1.807, 2.05) is 13.8 Å². The van der Waals surface area contributed by atoms with Crippen LogP contribution in [-0.2, 0) is 35.2 Å². The fourth-order valence-electron chi connectivity index (χ4n) is 3.35. The number of hydrogen-bond acceptors (Lipinski definition) is 8. The molecular formula is C24H35N5O8S. The lowest BCUT2D eigenvalue weighted by atomic mass is 10.0. The SMILES string of the molecule is CC(C)C[C@H](NC(=O)[C@H](Cc1ccccc1)NC(=O)[C@H](CS)NC(=O)[C@@H](N)CC(=O)O)C(=O)NCC(=O)O. The third-order valence-corrected chi connectivity index (χ3v) is 5.58. The summed E-state index contributed by atoms with van der Waals surface area (Å²) >= 11 is 4.07. The molecule has 0 heterocycles. The highest BCUT2D eigenvalue weighted by molar-refractivity contribution is 7.80. The van der Waals surface area contributed by atoms with Crippen molar-refractivity contribution in [3.63, 3.8) is 0 Å². The Morgan fingerprint density at radius 3 is 1.89 bits per heavy atom. The van der Waals surface area contributed by atoms with Gasteiger partial charge in [-0.2, -0.15) is 12.6 Å². The van der Waals surface area contributed by atoms with Crippen molar-refractivity contribution < 1.29 is 39.0 Å². The Bertz CT molecular complexity index is 991. The molecule has 0 saturated carbocycles. The largest absolute Gasteiger partial charge is 0.481 e. The van der Waals surface area contributed by atoms with E-state index in [1.54, 1.807) is 30.3 Å². The molecule has 0 spiro atoms. The number of carboxylic acid groups (broad SMARTS) is 2. The van der Waals surface area contributed by atoms with Crippen molar-refractivity contribution in [2.24, 2.45) is 11.7 Å². The molecule has 0 bridgehead atoms. The standard InChI is InChI=1S/C24H35N5O8S/c1-13(2)8-16(22(35)26-11-20(32)33)27-23(36)17(9-14-6-4-3-5-7-14)28-24(37)18(12-38)29-21(34)15(25)10-19(30)31/h3-7,13,15-18,38H,8-12,25H2,1-2H3,(H,26,35)(H,27,36)(H,28,37)(H,29,34)(H,30,31)(H,32,33)/t15-,16-,17-,18-/m0/s1. The minimum Gasteiger partial charge on any atom is -0.481 e. The number of hydrogen-bond donors (Lipinski definition) is 8. The summed E-state index contributed by atoms with van der Waals surface area (Å²) < 4.78 is 0. The molecule has 14 heteroatoms. The molecule has 38 heavy (non-hydrogen) atoms. The zero-order chi connectivity index (χ0) is 28.8. The first kappa shape index (κ1) is 32.4. The van der Waals surface area contributed by atoms with Crippen molar-refractivity contribution in [3.8, 4) is 0 Å². The molecule has 0 fully saturated rings. The number of rotatable bonds is 16. The summed E-state index contributed by atoms with van der Waals surface area (Å²) in [6, 6.07) is 3.86. The maximum Gasteiger partial charge on any atom is 0.322 e. The molecule has 0 unspecified atom stereocenters. The molecule has 0 aliphatic heterocycles. The van der Waals surface area contributed by atoms with Crippen LogP contribution in [0.5, 0.6) is 0 Å². The molecule has 0 saturated heterocycles. The maximum atomic E-state index is 13.3. The van der Waals surface area contributed by atoms with Crippen LogP contribution >= 0.6 is 12.6 Å². The Morgan fingerprint density at radius 1 is 0.816 bits per heavy atom. The second kappa shape index (κ2) is 16.2. The zero-order valence-corrected chi connectivity index (χ0v) is 22.1. The summed E-state index contributed by atoms with van der Waals surface area (Å²) in [5, 5.41) is 27.4. The van der Waals surface area contributed by atoms with E-state index in [2.05, 4.69) is 33.9 Å². The summed E-state index contributed by atoms with van der Waals surface area (Å²) in [5.74, 6) is -5.79. The van der Waals surface area contributed by atoms with Crippen LogP contribution in [0.15, 0.2) is 30.3 Å². The molecule has 0 aromatic heterocycles. The Morgan fingerprint density at radius 2 is 1.37 bits per heavy atom. The van der Waals surface area contributed by atoms with Crippen molar-refractivity contribution in [1.82, 2.24) is 21.3 Å². The van der Waals surface area contributed by atoms with Crippen LogP contribution in [0, 0.1) is 5.92 Å². The molecule has 1 aromatic rings. The third kappa shape index (κ3) is 12.1. The molecule has 1 aromatic carbocycles. The third-order valence-electron chi connectivity index (χ3n) is 5.22. The van der Waals surface area contributed by atoms with E-state index in [0.717, 1.165) is 0 Å². The minimum atomic E-state index is -1.40. The number of nitrogens with one attached hydrogen (secondary N) is 4. The van der Waals surface area contributed by atoms with Gasteiger partial charge in [-0.25, -0.2) is 0 Å². The first-order valence-corrected chi connectivity index (χ1v) is 12.5. The number of aliphatic carboxylic acids is 2. The lowest BCUT2D eigenvalue weighted by molar-refractivity contribution is -0.140. The average Bonchev–Trinajstić information content (AvgIpc) is 2.84. The normalized spacial score (nSPS) is 13.9.